The quantitative estimate of drug-likeness (QED) is 0.135. The fourth-order valence-corrected chi connectivity index (χ4v) is 14.6. The zero-order valence-electron chi connectivity index (χ0n) is 11.4. The van der Waals surface area contributed by atoms with Crippen molar-refractivity contribution in [1.29, 1.82) is 0 Å². The number of rotatable bonds is 2. The maximum atomic E-state index is 14.2. The molecule has 0 fully saturated rings. The molecule has 2 bridgehead atoms. The van der Waals surface area contributed by atoms with Crippen LogP contribution in [-0.2, 0) is 31.7 Å². The summed E-state index contributed by atoms with van der Waals surface area (Å²) in [6.07, 6.45) is 2.62. The average molecular weight is 566 g/mol. The SMILES string of the molecule is CC(=O)O[C@@H]1[C@H]([Hg][Br])[C@@H]2C=C[C@H]1c1c(F)c(F)c(F)c(F)c12. The average Bonchev–Trinajstić information content (AvgIpc) is 2.50. The molecule has 0 amide bonds. The third-order valence-corrected chi connectivity index (χ3v) is 16.0. The second kappa shape index (κ2) is 5.89. The van der Waals surface area contributed by atoms with Crippen molar-refractivity contribution in [2.24, 2.45) is 0 Å². The molecule has 3 aliphatic rings. The molecule has 1 aromatic carbocycles. The minimum atomic E-state index is -1.82. The van der Waals surface area contributed by atoms with Crippen LogP contribution in [0.1, 0.15) is 29.9 Å². The summed E-state index contributed by atoms with van der Waals surface area (Å²) in [5.41, 5.74) is -0.350. The number of hydrogen-bond donors (Lipinski definition) is 0. The summed E-state index contributed by atoms with van der Waals surface area (Å²) in [5.74, 6) is -8.24. The number of carbonyl (C=O) groups excluding carboxylic acids is 1. The molecular weight excluding hydrogens is 557 g/mol. The fourth-order valence-electron chi connectivity index (χ4n) is 3.39. The normalized spacial score (nSPS) is 28.3. The molecule has 3 aliphatic carbocycles. The van der Waals surface area contributed by atoms with Crippen LogP contribution in [0.4, 0.5) is 17.6 Å². The van der Waals surface area contributed by atoms with E-state index in [0.29, 0.717) is 0 Å². The number of allylic oxidation sites excluding steroid dienone is 1. The summed E-state index contributed by atoms with van der Waals surface area (Å²) in [6, 6.07) is 0. The van der Waals surface area contributed by atoms with Gasteiger partial charge in [-0.2, -0.15) is 0 Å². The van der Waals surface area contributed by atoms with Gasteiger partial charge in [-0.05, 0) is 0 Å². The molecule has 0 aromatic heterocycles. The van der Waals surface area contributed by atoms with Gasteiger partial charge >= 0.3 is 142 Å². The topological polar surface area (TPSA) is 26.3 Å². The number of fused-ring (bicyclic) bond motifs is 1. The van der Waals surface area contributed by atoms with E-state index in [1.54, 1.807) is 12.2 Å². The molecule has 0 radical (unpaired) electrons. The maximum absolute atomic E-state index is 14.2. The molecule has 0 aliphatic heterocycles. The van der Waals surface area contributed by atoms with Crippen LogP contribution in [0.3, 0.4) is 0 Å². The summed E-state index contributed by atoms with van der Waals surface area (Å²) >= 11 is 1.74. The Bertz CT molecular complexity index is 694. The first-order chi connectivity index (χ1) is 10.4. The van der Waals surface area contributed by atoms with Gasteiger partial charge in [0.1, 0.15) is 0 Å². The standard InChI is InChI=1S/C14H9F4O2.BrH.Hg/c1-5(19)20-8-4-6-2-3-7(8)10-9(6)11(15)13(17)14(18)12(10)16;;/h2-4,6-8H,1H3;1H;/q;;+1/p-1/t6-,7+,8+;;/m0../s1. The van der Waals surface area contributed by atoms with Crippen LogP contribution in [0, 0.1) is 23.3 Å². The van der Waals surface area contributed by atoms with Gasteiger partial charge < -0.3 is 0 Å². The van der Waals surface area contributed by atoms with E-state index >= 15 is 0 Å². The van der Waals surface area contributed by atoms with Crippen LogP contribution in [0.25, 0.3) is 0 Å². The Kier molecular flexibility index (Phi) is 4.40. The minimum absolute atomic E-state index is 0.128. The van der Waals surface area contributed by atoms with Gasteiger partial charge in [-0.15, -0.1) is 0 Å². The van der Waals surface area contributed by atoms with Crippen molar-refractivity contribution in [2.45, 2.75) is 28.3 Å². The van der Waals surface area contributed by atoms with Gasteiger partial charge in [-0.25, -0.2) is 0 Å². The Balaban J connectivity index is 2.23. The summed E-state index contributed by atoms with van der Waals surface area (Å²) < 4.78 is 60.6. The fraction of sp³-hybridized carbons (Fsp3) is 0.357. The molecular formula is C14H9BrF4HgO2. The molecule has 0 unspecified atom stereocenters. The first-order valence-electron chi connectivity index (χ1n) is 6.65. The van der Waals surface area contributed by atoms with Gasteiger partial charge in [0.05, 0.1) is 0 Å². The molecule has 114 valence electrons. The third-order valence-electron chi connectivity index (χ3n) is 4.25. The van der Waals surface area contributed by atoms with Gasteiger partial charge in [0.15, 0.2) is 0 Å². The number of ether oxygens (including phenoxy) is 1. The zero-order chi connectivity index (χ0) is 16.2. The van der Waals surface area contributed by atoms with E-state index in [0.717, 1.165) is 0 Å². The van der Waals surface area contributed by atoms with Gasteiger partial charge in [-0.3, -0.25) is 0 Å². The number of carbonyl (C=O) groups is 1. The monoisotopic (exact) mass is 566 g/mol. The Morgan fingerprint density at radius 2 is 1.55 bits per heavy atom. The Morgan fingerprint density at radius 3 is 2.05 bits per heavy atom. The Labute approximate surface area is 141 Å². The van der Waals surface area contributed by atoms with Gasteiger partial charge in [0, 0.05) is 0 Å². The van der Waals surface area contributed by atoms with E-state index in [4.69, 9.17) is 4.74 Å². The molecule has 4 rings (SSSR count). The summed E-state index contributed by atoms with van der Waals surface area (Å²) in [6.45, 7) is 1.23. The van der Waals surface area contributed by atoms with E-state index in [-0.39, 0.29) is 14.6 Å². The van der Waals surface area contributed by atoms with Crippen LogP contribution < -0.4 is 0 Å². The van der Waals surface area contributed by atoms with Crippen molar-refractivity contribution in [2.75, 3.05) is 0 Å². The van der Waals surface area contributed by atoms with Crippen LogP contribution in [-0.4, -0.2) is 12.1 Å². The summed E-state index contributed by atoms with van der Waals surface area (Å²) in [7, 11) is 0. The second-order valence-corrected chi connectivity index (χ2v) is 16.0. The second-order valence-electron chi connectivity index (χ2n) is 5.41. The molecule has 4 atom stereocenters. The number of esters is 1. The molecule has 8 heteroatoms. The van der Waals surface area contributed by atoms with Crippen LogP contribution in [0.15, 0.2) is 12.2 Å². The van der Waals surface area contributed by atoms with Crippen molar-refractivity contribution < 1.29 is 49.2 Å². The van der Waals surface area contributed by atoms with E-state index < -0.39 is 69.3 Å². The predicted molar refractivity (Wildman–Crippen MR) is 69.1 cm³/mol. The Morgan fingerprint density at radius 1 is 1.05 bits per heavy atom. The van der Waals surface area contributed by atoms with Crippen LogP contribution in [0.2, 0.25) is 3.43 Å². The van der Waals surface area contributed by atoms with E-state index in [1.165, 1.54) is 6.92 Å². The van der Waals surface area contributed by atoms with Gasteiger partial charge in [-0.1, -0.05) is 0 Å². The molecule has 0 N–H and O–H groups in total. The zero-order valence-corrected chi connectivity index (χ0v) is 18.5. The van der Waals surface area contributed by atoms with Crippen LogP contribution in [0.5, 0.6) is 0 Å². The van der Waals surface area contributed by atoms with Crippen molar-refractivity contribution in [3.63, 3.8) is 0 Å². The van der Waals surface area contributed by atoms with Crippen molar-refractivity contribution >= 4 is 17.9 Å². The van der Waals surface area contributed by atoms with Gasteiger partial charge in [0.25, 0.3) is 0 Å². The molecule has 22 heavy (non-hydrogen) atoms. The number of hydrogen-bond acceptors (Lipinski definition) is 2. The predicted octanol–water partition coefficient (Wildman–Crippen LogP) is 4.11. The number of halogens is 5. The Hall–Kier alpha value is -0.435. The number of benzene rings is 1. The summed E-state index contributed by atoms with van der Waals surface area (Å²) in [4.78, 5) is 11.3. The molecule has 1 aromatic rings. The van der Waals surface area contributed by atoms with Crippen molar-refractivity contribution in [3.05, 3.63) is 46.5 Å². The van der Waals surface area contributed by atoms with E-state index in [1.807, 2.05) is 0 Å². The third kappa shape index (κ3) is 2.26. The molecule has 0 saturated carbocycles. The van der Waals surface area contributed by atoms with E-state index in [2.05, 4.69) is 11.9 Å². The van der Waals surface area contributed by atoms with Crippen molar-refractivity contribution in [3.8, 4) is 0 Å². The van der Waals surface area contributed by atoms with E-state index in [9.17, 15) is 22.4 Å². The van der Waals surface area contributed by atoms with Crippen LogP contribution >= 0.6 is 11.9 Å². The first-order valence-corrected chi connectivity index (χ1v) is 21.7. The molecule has 2 nitrogen and oxygen atoms in total. The molecule has 0 saturated heterocycles. The van der Waals surface area contributed by atoms with Crippen molar-refractivity contribution in [1.82, 2.24) is 0 Å². The summed E-state index contributed by atoms with van der Waals surface area (Å²) in [5, 5.41) is 0. The first kappa shape index (κ1) is 16.4. The molecule has 0 heterocycles. The molecule has 0 spiro atoms. The van der Waals surface area contributed by atoms with Gasteiger partial charge in [0.2, 0.25) is 0 Å².